The van der Waals surface area contributed by atoms with Crippen LogP contribution >= 0.6 is 0 Å². The summed E-state index contributed by atoms with van der Waals surface area (Å²) in [5.74, 6) is 0. The van der Waals surface area contributed by atoms with Crippen molar-refractivity contribution in [3.05, 3.63) is 18.1 Å². The van der Waals surface area contributed by atoms with Crippen molar-refractivity contribution in [2.45, 2.75) is 25.8 Å². The number of nitrogens with zero attached hydrogens (tertiary/aromatic N) is 3. The number of rotatable bonds is 3. The SMILES string of the molecule is CCCC(N)c1noc2nccnc12. The number of hydrogen-bond acceptors (Lipinski definition) is 5. The minimum absolute atomic E-state index is 0.113. The van der Waals surface area contributed by atoms with Crippen LogP contribution in [-0.4, -0.2) is 15.1 Å². The van der Waals surface area contributed by atoms with Gasteiger partial charge in [0.15, 0.2) is 5.52 Å². The Balaban J connectivity index is 2.42. The molecular formula is C9H12N4O. The van der Waals surface area contributed by atoms with E-state index in [0.717, 1.165) is 12.8 Å². The molecule has 0 saturated heterocycles. The van der Waals surface area contributed by atoms with Gasteiger partial charge in [-0.15, -0.1) is 0 Å². The third-order valence-corrected chi connectivity index (χ3v) is 2.09. The first-order chi connectivity index (χ1) is 6.83. The van der Waals surface area contributed by atoms with Gasteiger partial charge in [0, 0.05) is 12.4 Å². The lowest BCUT2D eigenvalue weighted by molar-refractivity contribution is 0.427. The van der Waals surface area contributed by atoms with Crippen LogP contribution in [0.25, 0.3) is 11.2 Å². The Morgan fingerprint density at radius 1 is 1.43 bits per heavy atom. The molecule has 1 atom stereocenters. The zero-order valence-electron chi connectivity index (χ0n) is 7.97. The Morgan fingerprint density at radius 3 is 3.00 bits per heavy atom. The van der Waals surface area contributed by atoms with Crippen LogP contribution in [0.4, 0.5) is 0 Å². The molecule has 0 aliphatic carbocycles. The molecule has 0 fully saturated rings. The summed E-state index contributed by atoms with van der Waals surface area (Å²) >= 11 is 0. The molecule has 0 aliphatic heterocycles. The molecule has 5 heteroatoms. The van der Waals surface area contributed by atoms with Crippen LogP contribution in [0.1, 0.15) is 31.5 Å². The molecule has 1 unspecified atom stereocenters. The van der Waals surface area contributed by atoms with Gasteiger partial charge in [-0.3, -0.25) is 0 Å². The van der Waals surface area contributed by atoms with Crippen molar-refractivity contribution in [3.8, 4) is 0 Å². The largest absolute Gasteiger partial charge is 0.334 e. The van der Waals surface area contributed by atoms with Crippen LogP contribution in [0.15, 0.2) is 16.9 Å². The van der Waals surface area contributed by atoms with Gasteiger partial charge in [0.2, 0.25) is 0 Å². The zero-order valence-corrected chi connectivity index (χ0v) is 7.97. The molecule has 2 N–H and O–H groups in total. The fourth-order valence-corrected chi connectivity index (χ4v) is 1.39. The van der Waals surface area contributed by atoms with E-state index in [4.69, 9.17) is 10.3 Å². The summed E-state index contributed by atoms with van der Waals surface area (Å²) in [4.78, 5) is 8.14. The molecule has 0 saturated carbocycles. The summed E-state index contributed by atoms with van der Waals surface area (Å²) in [6, 6.07) is -0.113. The zero-order chi connectivity index (χ0) is 9.97. The highest BCUT2D eigenvalue weighted by molar-refractivity contribution is 5.70. The molecule has 0 aromatic carbocycles. The van der Waals surface area contributed by atoms with Crippen LogP contribution in [-0.2, 0) is 0 Å². The molecule has 5 nitrogen and oxygen atoms in total. The number of fused-ring (bicyclic) bond motifs is 1. The molecule has 74 valence electrons. The summed E-state index contributed by atoms with van der Waals surface area (Å²) in [7, 11) is 0. The topological polar surface area (TPSA) is 77.8 Å². The second kappa shape index (κ2) is 3.71. The first kappa shape index (κ1) is 9.08. The minimum Gasteiger partial charge on any atom is -0.334 e. The van der Waals surface area contributed by atoms with E-state index in [2.05, 4.69) is 22.0 Å². The van der Waals surface area contributed by atoms with Crippen molar-refractivity contribution < 1.29 is 4.52 Å². The Labute approximate surface area is 81.3 Å². The molecule has 14 heavy (non-hydrogen) atoms. The maximum atomic E-state index is 5.93. The predicted molar refractivity (Wildman–Crippen MR) is 51.4 cm³/mol. The number of hydrogen-bond donors (Lipinski definition) is 1. The molecule has 2 heterocycles. The van der Waals surface area contributed by atoms with Crippen LogP contribution < -0.4 is 5.73 Å². The molecule has 0 radical (unpaired) electrons. The second-order valence-corrected chi connectivity index (χ2v) is 3.17. The average Bonchev–Trinajstić information content (AvgIpc) is 2.61. The lowest BCUT2D eigenvalue weighted by atomic mass is 10.1. The Bertz CT molecular complexity index is 425. The van der Waals surface area contributed by atoms with Crippen molar-refractivity contribution in [2.75, 3.05) is 0 Å². The van der Waals surface area contributed by atoms with Gasteiger partial charge in [-0.25, -0.2) is 9.97 Å². The molecular weight excluding hydrogens is 180 g/mol. The van der Waals surface area contributed by atoms with Gasteiger partial charge < -0.3 is 10.3 Å². The lowest BCUT2D eigenvalue weighted by Crippen LogP contribution is -2.10. The standard InChI is InChI=1S/C9H12N4O/c1-2-3-6(10)7-8-9(14-13-7)12-5-4-11-8/h4-6H,2-3,10H2,1H3. The molecule has 0 amide bonds. The van der Waals surface area contributed by atoms with Gasteiger partial charge >= 0.3 is 0 Å². The molecule has 0 aliphatic rings. The van der Waals surface area contributed by atoms with Gasteiger partial charge in [-0.05, 0) is 6.42 Å². The average molecular weight is 192 g/mol. The quantitative estimate of drug-likeness (QED) is 0.795. The fraction of sp³-hybridized carbons (Fsp3) is 0.444. The first-order valence-electron chi connectivity index (χ1n) is 4.64. The van der Waals surface area contributed by atoms with Crippen LogP contribution in [0, 0.1) is 0 Å². The Morgan fingerprint density at radius 2 is 2.21 bits per heavy atom. The molecule has 0 bridgehead atoms. The van der Waals surface area contributed by atoms with E-state index in [9.17, 15) is 0 Å². The summed E-state index contributed by atoms with van der Waals surface area (Å²) in [5.41, 5.74) is 7.76. The first-order valence-corrected chi connectivity index (χ1v) is 4.64. The smallest absolute Gasteiger partial charge is 0.276 e. The van der Waals surface area contributed by atoms with E-state index in [1.807, 2.05) is 0 Å². The third kappa shape index (κ3) is 1.46. The van der Waals surface area contributed by atoms with E-state index in [0.29, 0.717) is 16.9 Å². The Kier molecular flexibility index (Phi) is 2.41. The van der Waals surface area contributed by atoms with Gasteiger partial charge in [0.1, 0.15) is 5.69 Å². The van der Waals surface area contributed by atoms with Crippen molar-refractivity contribution in [1.29, 1.82) is 0 Å². The summed E-state index contributed by atoms with van der Waals surface area (Å²) in [5, 5.41) is 3.89. The van der Waals surface area contributed by atoms with Crippen molar-refractivity contribution in [1.82, 2.24) is 15.1 Å². The van der Waals surface area contributed by atoms with Crippen LogP contribution in [0.2, 0.25) is 0 Å². The van der Waals surface area contributed by atoms with E-state index in [-0.39, 0.29) is 6.04 Å². The van der Waals surface area contributed by atoms with Crippen molar-refractivity contribution in [3.63, 3.8) is 0 Å². The highest BCUT2D eigenvalue weighted by Crippen LogP contribution is 2.21. The molecule has 2 rings (SSSR count). The predicted octanol–water partition coefficient (Wildman–Crippen LogP) is 1.42. The third-order valence-electron chi connectivity index (χ3n) is 2.09. The summed E-state index contributed by atoms with van der Waals surface area (Å²) in [6.45, 7) is 2.08. The van der Waals surface area contributed by atoms with Gasteiger partial charge in [-0.1, -0.05) is 18.5 Å². The van der Waals surface area contributed by atoms with Crippen LogP contribution in [0.5, 0.6) is 0 Å². The lowest BCUT2D eigenvalue weighted by Gasteiger charge is -2.04. The minimum atomic E-state index is -0.113. The maximum Gasteiger partial charge on any atom is 0.276 e. The number of aromatic nitrogens is 3. The van der Waals surface area contributed by atoms with E-state index < -0.39 is 0 Å². The highest BCUT2D eigenvalue weighted by atomic mass is 16.5. The Hall–Kier alpha value is -1.49. The monoisotopic (exact) mass is 192 g/mol. The van der Waals surface area contributed by atoms with E-state index in [1.165, 1.54) is 0 Å². The van der Waals surface area contributed by atoms with Crippen LogP contribution in [0.3, 0.4) is 0 Å². The highest BCUT2D eigenvalue weighted by Gasteiger charge is 2.16. The van der Waals surface area contributed by atoms with Crippen molar-refractivity contribution in [2.24, 2.45) is 5.73 Å². The van der Waals surface area contributed by atoms with Gasteiger partial charge in [0.05, 0.1) is 6.04 Å². The van der Waals surface area contributed by atoms with E-state index in [1.54, 1.807) is 12.4 Å². The normalized spacial score (nSPS) is 13.3. The summed E-state index contributed by atoms with van der Waals surface area (Å²) in [6.07, 6.45) is 5.07. The second-order valence-electron chi connectivity index (χ2n) is 3.17. The van der Waals surface area contributed by atoms with Gasteiger partial charge in [0.25, 0.3) is 5.71 Å². The summed E-state index contributed by atoms with van der Waals surface area (Å²) < 4.78 is 5.01. The molecule has 2 aromatic rings. The fourth-order valence-electron chi connectivity index (χ4n) is 1.39. The van der Waals surface area contributed by atoms with Gasteiger partial charge in [-0.2, -0.15) is 0 Å². The molecule has 0 spiro atoms. The van der Waals surface area contributed by atoms with Crippen molar-refractivity contribution >= 4 is 11.2 Å². The number of nitrogens with two attached hydrogens (primary N) is 1. The van der Waals surface area contributed by atoms with E-state index >= 15 is 0 Å². The molecule has 2 aromatic heterocycles. The maximum absolute atomic E-state index is 5.93.